The van der Waals surface area contributed by atoms with E-state index in [9.17, 15) is 18.4 Å². The minimum atomic E-state index is -2.90. The van der Waals surface area contributed by atoms with E-state index in [4.69, 9.17) is 18.9 Å². The Morgan fingerprint density at radius 3 is 1.89 bits per heavy atom. The number of benzene rings is 2. The fourth-order valence-corrected chi connectivity index (χ4v) is 4.92. The van der Waals surface area contributed by atoms with Crippen LogP contribution in [0.25, 0.3) is 0 Å². The van der Waals surface area contributed by atoms with E-state index >= 15 is 0 Å². The van der Waals surface area contributed by atoms with Crippen LogP contribution in [0.4, 0.5) is 8.78 Å². The van der Waals surface area contributed by atoms with Crippen molar-refractivity contribution in [2.24, 2.45) is 0 Å². The first kappa shape index (κ1) is 29.0. The van der Waals surface area contributed by atoms with Crippen molar-refractivity contribution in [3.05, 3.63) is 63.1 Å². The number of alkyl halides is 2. The molecule has 2 heterocycles. The molecule has 0 bridgehead atoms. The number of hydrogen-bond donors (Lipinski definition) is 0. The van der Waals surface area contributed by atoms with Gasteiger partial charge in [-0.1, -0.05) is 40.2 Å². The number of hydrogen-bond acceptors (Lipinski definition) is 7. The molecule has 4 atom stereocenters. The van der Waals surface area contributed by atoms with Gasteiger partial charge in [-0.25, -0.2) is 9.59 Å². The summed E-state index contributed by atoms with van der Waals surface area (Å²) in [4.78, 5) is 23.8. The molecular weight excluding hydrogens is 554 g/mol. The van der Waals surface area contributed by atoms with Crippen molar-refractivity contribution in [1.82, 2.24) is 0 Å². The minimum absolute atomic E-state index is 0.0237. The molecule has 0 saturated carbocycles. The highest BCUT2D eigenvalue weighted by atomic mass is 79.9. The van der Waals surface area contributed by atoms with Gasteiger partial charge in [0.15, 0.2) is 12.2 Å². The summed E-state index contributed by atoms with van der Waals surface area (Å²) < 4.78 is 51.6. The van der Waals surface area contributed by atoms with Crippen molar-refractivity contribution in [2.75, 3.05) is 13.2 Å². The summed E-state index contributed by atoms with van der Waals surface area (Å²) in [7, 11) is 0. The lowest BCUT2D eigenvalue weighted by Gasteiger charge is -2.30. The van der Waals surface area contributed by atoms with Crippen LogP contribution in [0.2, 0.25) is 0 Å². The Morgan fingerprint density at radius 1 is 0.892 bits per heavy atom. The maximum atomic E-state index is 12.4. The van der Waals surface area contributed by atoms with Crippen LogP contribution < -0.4 is 4.74 Å². The molecule has 0 radical (unpaired) electrons. The van der Waals surface area contributed by atoms with E-state index in [0.29, 0.717) is 24.2 Å². The largest absolute Gasteiger partial charge is 0.464 e. The van der Waals surface area contributed by atoms with Crippen molar-refractivity contribution >= 4 is 27.9 Å². The standard InChI is InChI=1S/C14H16F2O4.C13H15BrO3/c1-3-18-13(17)12-9-5-4-6-11(20-14(15)16)10(9)7-8(2)19-12;1-3-16-13(15)12-9-5-4-6-11(14)10(9)7-8(2)17-12/h4-6,8,12,14H,3,7H2,1-2H3;4-6,8,12H,3,7H2,1-2H3/t2*8-,12?/m11/s1. The van der Waals surface area contributed by atoms with E-state index in [1.54, 1.807) is 32.9 Å². The summed E-state index contributed by atoms with van der Waals surface area (Å²) in [5.74, 6) is -0.741. The van der Waals surface area contributed by atoms with Crippen LogP contribution in [-0.2, 0) is 41.4 Å². The van der Waals surface area contributed by atoms with Crippen LogP contribution in [0.15, 0.2) is 40.9 Å². The van der Waals surface area contributed by atoms with Gasteiger partial charge in [0.1, 0.15) is 5.75 Å². The van der Waals surface area contributed by atoms with Crippen molar-refractivity contribution < 1.29 is 42.1 Å². The number of carbonyl (C=O) groups excluding carboxylic acids is 2. The molecule has 0 saturated heterocycles. The van der Waals surface area contributed by atoms with Crippen LogP contribution in [0.1, 0.15) is 62.2 Å². The number of fused-ring (bicyclic) bond motifs is 2. The lowest BCUT2D eigenvalue weighted by atomic mass is 9.93. The highest BCUT2D eigenvalue weighted by molar-refractivity contribution is 9.10. The second-order valence-electron chi connectivity index (χ2n) is 8.58. The second-order valence-corrected chi connectivity index (χ2v) is 9.43. The average Bonchev–Trinajstić information content (AvgIpc) is 2.84. The first-order chi connectivity index (χ1) is 17.7. The third-order valence-electron chi connectivity index (χ3n) is 5.83. The van der Waals surface area contributed by atoms with Gasteiger partial charge in [0.05, 0.1) is 25.4 Å². The molecule has 2 aromatic rings. The number of ether oxygens (including phenoxy) is 5. The number of rotatable bonds is 6. The molecule has 2 aromatic carbocycles. The van der Waals surface area contributed by atoms with Crippen LogP contribution in [-0.4, -0.2) is 44.0 Å². The average molecular weight is 585 g/mol. The van der Waals surface area contributed by atoms with Gasteiger partial charge in [0.25, 0.3) is 0 Å². The van der Waals surface area contributed by atoms with Crippen LogP contribution in [0, 0.1) is 0 Å². The molecule has 0 spiro atoms. The minimum Gasteiger partial charge on any atom is -0.464 e. The van der Waals surface area contributed by atoms with Crippen LogP contribution in [0.5, 0.6) is 5.75 Å². The van der Waals surface area contributed by atoms with Gasteiger partial charge in [-0.15, -0.1) is 0 Å². The molecule has 2 aliphatic rings. The molecule has 2 unspecified atom stereocenters. The Bertz CT molecular complexity index is 1090. The monoisotopic (exact) mass is 584 g/mol. The molecule has 2 aliphatic heterocycles. The first-order valence-corrected chi connectivity index (χ1v) is 12.9. The van der Waals surface area contributed by atoms with Gasteiger partial charge in [0, 0.05) is 16.5 Å². The molecule has 4 rings (SSSR count). The Morgan fingerprint density at radius 2 is 1.38 bits per heavy atom. The topological polar surface area (TPSA) is 80.3 Å². The zero-order valence-electron chi connectivity index (χ0n) is 21.2. The highest BCUT2D eigenvalue weighted by Gasteiger charge is 2.34. The summed E-state index contributed by atoms with van der Waals surface area (Å²) in [6.07, 6.45) is -0.517. The third-order valence-corrected chi connectivity index (χ3v) is 6.57. The van der Waals surface area contributed by atoms with Gasteiger partial charge < -0.3 is 23.7 Å². The summed E-state index contributed by atoms with van der Waals surface area (Å²) in [6, 6.07) is 10.5. The van der Waals surface area contributed by atoms with Gasteiger partial charge in [-0.05, 0) is 62.9 Å². The third kappa shape index (κ3) is 7.27. The van der Waals surface area contributed by atoms with E-state index in [1.807, 2.05) is 25.1 Å². The smallest absolute Gasteiger partial charge is 0.387 e. The molecule has 0 aliphatic carbocycles. The Kier molecular flexibility index (Phi) is 10.4. The second kappa shape index (κ2) is 13.3. The number of esters is 2. The van der Waals surface area contributed by atoms with E-state index in [1.165, 1.54) is 6.07 Å². The summed E-state index contributed by atoms with van der Waals surface area (Å²) in [5, 5.41) is 0. The molecule has 10 heteroatoms. The summed E-state index contributed by atoms with van der Waals surface area (Å²) in [6.45, 7) is 4.93. The number of halogens is 3. The van der Waals surface area contributed by atoms with Crippen molar-refractivity contribution in [3.63, 3.8) is 0 Å². The molecule has 0 aromatic heterocycles. The van der Waals surface area contributed by atoms with Gasteiger partial charge in [-0.3, -0.25) is 0 Å². The predicted molar refractivity (Wildman–Crippen MR) is 134 cm³/mol. The maximum Gasteiger partial charge on any atom is 0.387 e. The van der Waals surface area contributed by atoms with E-state index in [-0.39, 0.29) is 30.5 Å². The Balaban J connectivity index is 0.000000208. The zero-order valence-corrected chi connectivity index (χ0v) is 22.8. The van der Waals surface area contributed by atoms with Crippen LogP contribution >= 0.6 is 15.9 Å². The van der Waals surface area contributed by atoms with Gasteiger partial charge in [-0.2, -0.15) is 8.78 Å². The van der Waals surface area contributed by atoms with Gasteiger partial charge >= 0.3 is 18.6 Å². The van der Waals surface area contributed by atoms with Crippen molar-refractivity contribution in [1.29, 1.82) is 0 Å². The molecule has 0 fully saturated rings. The van der Waals surface area contributed by atoms with Crippen molar-refractivity contribution in [3.8, 4) is 5.75 Å². The molecule has 0 amide bonds. The Hall–Kier alpha value is -2.56. The SMILES string of the molecule is CCOC(=O)C1O[C@H](C)Cc2c(Br)cccc21.CCOC(=O)C1O[C@H](C)Cc2c(OC(F)F)cccc21. The fourth-order valence-electron chi connectivity index (χ4n) is 4.37. The molecular formula is C27H31BrF2O7. The molecule has 202 valence electrons. The fraction of sp³-hybridized carbons (Fsp3) is 0.481. The van der Waals surface area contributed by atoms with Crippen LogP contribution in [0.3, 0.4) is 0 Å². The molecule has 7 nitrogen and oxygen atoms in total. The van der Waals surface area contributed by atoms with E-state index in [0.717, 1.165) is 22.0 Å². The lowest BCUT2D eigenvalue weighted by molar-refractivity contribution is -0.162. The molecule has 37 heavy (non-hydrogen) atoms. The quantitative estimate of drug-likeness (QED) is 0.393. The normalized spacial score (nSPS) is 22.2. The zero-order chi connectivity index (χ0) is 27.1. The van der Waals surface area contributed by atoms with E-state index in [2.05, 4.69) is 20.7 Å². The first-order valence-electron chi connectivity index (χ1n) is 12.1. The lowest BCUT2D eigenvalue weighted by Crippen LogP contribution is -2.30. The summed E-state index contributed by atoms with van der Waals surface area (Å²) in [5.41, 5.74) is 3.16. The van der Waals surface area contributed by atoms with Gasteiger partial charge in [0.2, 0.25) is 0 Å². The highest BCUT2D eigenvalue weighted by Crippen LogP contribution is 2.37. The summed E-state index contributed by atoms with van der Waals surface area (Å²) >= 11 is 3.52. The van der Waals surface area contributed by atoms with Crippen molar-refractivity contribution in [2.45, 2.75) is 71.6 Å². The number of carbonyl (C=O) groups is 2. The maximum absolute atomic E-state index is 12.4. The predicted octanol–water partition coefficient (Wildman–Crippen LogP) is 5.87. The Labute approximate surface area is 223 Å². The van der Waals surface area contributed by atoms with E-state index < -0.39 is 24.8 Å². The molecule has 0 N–H and O–H groups in total.